The van der Waals surface area contributed by atoms with Crippen LogP contribution in [0, 0.1) is 12.8 Å². The number of amides is 4. The van der Waals surface area contributed by atoms with Gasteiger partial charge in [-0.25, -0.2) is 4.79 Å². The van der Waals surface area contributed by atoms with Gasteiger partial charge in [-0.05, 0) is 50.3 Å². The van der Waals surface area contributed by atoms with E-state index in [4.69, 9.17) is 0 Å². The molecule has 0 spiro atoms. The summed E-state index contributed by atoms with van der Waals surface area (Å²) in [5.41, 5.74) is 2.25. The van der Waals surface area contributed by atoms with Crippen LogP contribution >= 0.6 is 0 Å². The summed E-state index contributed by atoms with van der Waals surface area (Å²) in [5.74, 6) is 0.461. The highest BCUT2D eigenvalue weighted by molar-refractivity contribution is 5.94. The number of anilines is 2. The van der Waals surface area contributed by atoms with Gasteiger partial charge in [-0.2, -0.15) is 0 Å². The van der Waals surface area contributed by atoms with Crippen molar-refractivity contribution in [1.29, 1.82) is 0 Å². The first kappa shape index (κ1) is 19.2. The van der Waals surface area contributed by atoms with Crippen molar-refractivity contribution in [3.05, 3.63) is 23.8 Å². The quantitative estimate of drug-likeness (QED) is 0.742. The zero-order valence-electron chi connectivity index (χ0n) is 16.0. The van der Waals surface area contributed by atoms with Crippen molar-refractivity contribution in [2.45, 2.75) is 52.0 Å². The molecule has 7 nitrogen and oxygen atoms in total. The minimum atomic E-state index is -0.260. The molecule has 4 amide bonds. The second kappa shape index (κ2) is 8.41. The van der Waals surface area contributed by atoms with Gasteiger partial charge < -0.3 is 20.9 Å². The van der Waals surface area contributed by atoms with E-state index in [1.807, 2.05) is 24.0 Å². The van der Waals surface area contributed by atoms with Gasteiger partial charge >= 0.3 is 6.03 Å². The topological polar surface area (TPSA) is 90.5 Å². The molecule has 1 aromatic rings. The van der Waals surface area contributed by atoms with Crippen molar-refractivity contribution in [1.82, 2.24) is 10.2 Å². The van der Waals surface area contributed by atoms with E-state index in [1.54, 1.807) is 13.0 Å². The molecule has 1 aromatic carbocycles. The zero-order valence-corrected chi connectivity index (χ0v) is 16.0. The van der Waals surface area contributed by atoms with Crippen LogP contribution in [0.5, 0.6) is 0 Å². The first-order valence-corrected chi connectivity index (χ1v) is 9.73. The number of benzene rings is 1. The average Bonchev–Trinajstić information content (AvgIpc) is 3.49. The van der Waals surface area contributed by atoms with E-state index in [0.717, 1.165) is 31.2 Å². The molecule has 0 unspecified atom stereocenters. The third kappa shape index (κ3) is 5.21. The second-order valence-corrected chi connectivity index (χ2v) is 7.40. The van der Waals surface area contributed by atoms with Gasteiger partial charge in [-0.3, -0.25) is 9.59 Å². The van der Waals surface area contributed by atoms with Gasteiger partial charge in [0.2, 0.25) is 11.8 Å². The number of hydrogen-bond acceptors (Lipinski definition) is 3. The van der Waals surface area contributed by atoms with Crippen LogP contribution in [-0.4, -0.2) is 41.9 Å². The molecule has 0 bridgehead atoms. The molecule has 1 saturated heterocycles. The van der Waals surface area contributed by atoms with E-state index in [0.29, 0.717) is 30.9 Å². The number of nitrogens with zero attached hydrogens (tertiary/aromatic N) is 1. The van der Waals surface area contributed by atoms with Crippen molar-refractivity contribution in [3.8, 4) is 0 Å². The van der Waals surface area contributed by atoms with Crippen LogP contribution in [0.25, 0.3) is 0 Å². The van der Waals surface area contributed by atoms with Crippen molar-refractivity contribution in [3.63, 3.8) is 0 Å². The van der Waals surface area contributed by atoms with Crippen molar-refractivity contribution in [2.75, 3.05) is 23.7 Å². The Hall–Kier alpha value is -2.57. The highest BCUT2D eigenvalue weighted by atomic mass is 16.2. The molecular weight excluding hydrogens is 344 g/mol. The van der Waals surface area contributed by atoms with Gasteiger partial charge in [0.25, 0.3) is 0 Å². The molecule has 0 atom stereocenters. The fourth-order valence-corrected chi connectivity index (χ4v) is 3.26. The van der Waals surface area contributed by atoms with E-state index in [9.17, 15) is 14.4 Å². The maximum Gasteiger partial charge on any atom is 0.319 e. The van der Waals surface area contributed by atoms with Crippen LogP contribution < -0.4 is 16.0 Å². The number of piperidine rings is 1. The number of urea groups is 1. The fourth-order valence-electron chi connectivity index (χ4n) is 3.26. The van der Waals surface area contributed by atoms with Gasteiger partial charge in [0.05, 0.1) is 0 Å². The van der Waals surface area contributed by atoms with Gasteiger partial charge in [0.1, 0.15) is 0 Å². The lowest BCUT2D eigenvalue weighted by atomic mass is 10.0. The molecule has 1 heterocycles. The standard InChI is InChI=1S/C20H28N4O3/c1-3-18(25)21-16-7-4-13(2)17(12-16)23-20(27)22-15-8-10-24(11-9-15)19(26)14-5-6-14/h4,7,12,14-15H,3,5-6,8-11H2,1-2H3,(H,21,25)(H2,22,23,27). The summed E-state index contributed by atoms with van der Waals surface area (Å²) >= 11 is 0. The number of hydrogen-bond donors (Lipinski definition) is 3. The zero-order chi connectivity index (χ0) is 19.4. The maximum atomic E-state index is 12.4. The summed E-state index contributed by atoms with van der Waals surface area (Å²) in [6, 6.07) is 5.25. The molecule has 0 aromatic heterocycles. The lowest BCUT2D eigenvalue weighted by Crippen LogP contribution is -2.48. The number of carbonyl (C=O) groups is 3. The number of aryl methyl sites for hydroxylation is 1. The van der Waals surface area contributed by atoms with E-state index in [2.05, 4.69) is 16.0 Å². The largest absolute Gasteiger partial charge is 0.342 e. The lowest BCUT2D eigenvalue weighted by Gasteiger charge is -2.32. The molecule has 0 radical (unpaired) electrons. The van der Waals surface area contributed by atoms with Crippen LogP contribution in [0.15, 0.2) is 18.2 Å². The Labute approximate surface area is 159 Å². The minimum absolute atomic E-state index is 0.0662. The Kier molecular flexibility index (Phi) is 5.98. The molecule has 3 N–H and O–H groups in total. The second-order valence-electron chi connectivity index (χ2n) is 7.40. The summed E-state index contributed by atoms with van der Waals surface area (Å²) in [5, 5.41) is 8.66. The molecule has 27 heavy (non-hydrogen) atoms. The Balaban J connectivity index is 1.50. The molecule has 3 rings (SSSR count). The number of likely N-dealkylation sites (tertiary alicyclic amines) is 1. The first-order valence-electron chi connectivity index (χ1n) is 9.73. The van der Waals surface area contributed by atoms with Crippen molar-refractivity contribution in [2.24, 2.45) is 5.92 Å². The highest BCUT2D eigenvalue weighted by Crippen LogP contribution is 2.31. The van der Waals surface area contributed by atoms with Crippen molar-refractivity contribution < 1.29 is 14.4 Å². The van der Waals surface area contributed by atoms with Crippen LogP contribution in [0.4, 0.5) is 16.2 Å². The molecule has 7 heteroatoms. The fraction of sp³-hybridized carbons (Fsp3) is 0.550. The predicted octanol–water partition coefficient (Wildman–Crippen LogP) is 2.87. The van der Waals surface area contributed by atoms with E-state index < -0.39 is 0 Å². The molecule has 1 saturated carbocycles. The van der Waals surface area contributed by atoms with Crippen molar-refractivity contribution >= 4 is 29.2 Å². The number of carbonyl (C=O) groups excluding carboxylic acids is 3. The molecule has 2 aliphatic rings. The Bertz CT molecular complexity index is 722. The molecular formula is C20H28N4O3. The van der Waals surface area contributed by atoms with Crippen LogP contribution in [0.3, 0.4) is 0 Å². The lowest BCUT2D eigenvalue weighted by molar-refractivity contribution is -0.133. The predicted molar refractivity (Wildman–Crippen MR) is 105 cm³/mol. The number of rotatable bonds is 5. The first-order chi connectivity index (χ1) is 13.0. The summed E-state index contributed by atoms with van der Waals surface area (Å²) in [7, 11) is 0. The third-order valence-corrected chi connectivity index (χ3v) is 5.16. The van der Waals surface area contributed by atoms with Gasteiger partial charge in [0, 0.05) is 42.8 Å². The minimum Gasteiger partial charge on any atom is -0.342 e. The summed E-state index contributed by atoms with van der Waals surface area (Å²) in [4.78, 5) is 37.9. The summed E-state index contributed by atoms with van der Waals surface area (Å²) < 4.78 is 0. The summed E-state index contributed by atoms with van der Waals surface area (Å²) in [6.45, 7) is 5.11. The smallest absolute Gasteiger partial charge is 0.319 e. The van der Waals surface area contributed by atoms with E-state index >= 15 is 0 Å². The van der Waals surface area contributed by atoms with Gasteiger partial charge in [0.15, 0.2) is 0 Å². The highest BCUT2D eigenvalue weighted by Gasteiger charge is 2.35. The van der Waals surface area contributed by atoms with E-state index in [1.165, 1.54) is 0 Å². The van der Waals surface area contributed by atoms with Gasteiger partial charge in [-0.15, -0.1) is 0 Å². The third-order valence-electron chi connectivity index (χ3n) is 5.16. The summed E-state index contributed by atoms with van der Waals surface area (Å²) in [6.07, 6.45) is 4.00. The maximum absolute atomic E-state index is 12.4. The Morgan fingerprint density at radius 1 is 1.07 bits per heavy atom. The Morgan fingerprint density at radius 2 is 1.78 bits per heavy atom. The average molecular weight is 372 g/mol. The van der Waals surface area contributed by atoms with Crippen LogP contribution in [0.2, 0.25) is 0 Å². The Morgan fingerprint density at radius 3 is 2.41 bits per heavy atom. The van der Waals surface area contributed by atoms with Crippen LogP contribution in [-0.2, 0) is 9.59 Å². The normalized spacial score (nSPS) is 17.3. The SMILES string of the molecule is CCC(=O)Nc1ccc(C)c(NC(=O)NC2CCN(C(=O)C3CC3)CC2)c1. The van der Waals surface area contributed by atoms with E-state index in [-0.39, 0.29) is 29.8 Å². The molecule has 1 aliphatic carbocycles. The molecule has 146 valence electrons. The molecule has 1 aliphatic heterocycles. The van der Waals surface area contributed by atoms with Gasteiger partial charge in [-0.1, -0.05) is 13.0 Å². The monoisotopic (exact) mass is 372 g/mol. The molecule has 2 fully saturated rings. The number of nitrogens with one attached hydrogen (secondary N) is 3. The van der Waals surface area contributed by atoms with Crippen LogP contribution in [0.1, 0.15) is 44.6 Å².